The predicted molar refractivity (Wildman–Crippen MR) is 76.3 cm³/mol. The molecule has 0 unspecified atom stereocenters. The Kier molecular flexibility index (Phi) is 3.74. The molecule has 0 aliphatic carbocycles. The second-order valence-corrected chi connectivity index (χ2v) is 4.58. The van der Waals surface area contributed by atoms with Crippen LogP contribution in [0.3, 0.4) is 0 Å². The minimum absolute atomic E-state index is 0.248. The molecule has 0 amide bonds. The van der Waals surface area contributed by atoms with Gasteiger partial charge in [0, 0.05) is 12.7 Å². The van der Waals surface area contributed by atoms with Crippen LogP contribution in [0.2, 0.25) is 0 Å². The highest BCUT2D eigenvalue weighted by atomic mass is 16.5. The van der Waals surface area contributed by atoms with E-state index in [1.165, 1.54) is 0 Å². The fourth-order valence-corrected chi connectivity index (χ4v) is 2.33. The molecule has 3 heteroatoms. The van der Waals surface area contributed by atoms with Gasteiger partial charge in [-0.1, -0.05) is 30.3 Å². The maximum Gasteiger partial charge on any atom is 0.340 e. The minimum atomic E-state index is -0.248. The van der Waals surface area contributed by atoms with Crippen molar-refractivity contribution in [1.82, 2.24) is 4.57 Å². The molecule has 1 aromatic heterocycles. The lowest BCUT2D eigenvalue weighted by molar-refractivity contribution is 0.0526. The maximum absolute atomic E-state index is 12.2. The van der Waals surface area contributed by atoms with Gasteiger partial charge in [-0.05, 0) is 31.9 Å². The van der Waals surface area contributed by atoms with Crippen molar-refractivity contribution in [3.63, 3.8) is 0 Å². The lowest BCUT2D eigenvalue weighted by Gasteiger charge is -2.08. The van der Waals surface area contributed by atoms with Gasteiger partial charge in [-0.15, -0.1) is 0 Å². The van der Waals surface area contributed by atoms with Gasteiger partial charge >= 0.3 is 5.97 Å². The monoisotopic (exact) mass is 257 g/mol. The first-order valence-electron chi connectivity index (χ1n) is 6.46. The number of nitrogens with zero attached hydrogens (tertiary/aromatic N) is 1. The minimum Gasteiger partial charge on any atom is -0.462 e. The van der Waals surface area contributed by atoms with Gasteiger partial charge in [-0.25, -0.2) is 4.79 Å². The molecule has 0 fully saturated rings. The second-order valence-electron chi connectivity index (χ2n) is 4.58. The van der Waals surface area contributed by atoms with E-state index < -0.39 is 0 Å². The fraction of sp³-hybridized carbons (Fsp3) is 0.312. The summed E-state index contributed by atoms with van der Waals surface area (Å²) in [6, 6.07) is 9.94. The molecule has 100 valence electrons. The first-order valence-corrected chi connectivity index (χ1v) is 6.46. The Morgan fingerprint density at radius 2 is 1.84 bits per heavy atom. The van der Waals surface area contributed by atoms with Gasteiger partial charge in [0.1, 0.15) is 0 Å². The highest BCUT2D eigenvalue weighted by molar-refractivity contribution is 5.98. The topological polar surface area (TPSA) is 31.2 Å². The van der Waals surface area contributed by atoms with Crippen LogP contribution in [0.15, 0.2) is 30.3 Å². The molecule has 0 aliphatic rings. The lowest BCUT2D eigenvalue weighted by Crippen LogP contribution is -2.07. The number of ether oxygens (including phenoxy) is 1. The second kappa shape index (κ2) is 5.31. The van der Waals surface area contributed by atoms with Crippen molar-refractivity contribution in [3.05, 3.63) is 47.2 Å². The van der Waals surface area contributed by atoms with E-state index in [-0.39, 0.29) is 5.97 Å². The molecular weight excluding hydrogens is 238 g/mol. The largest absolute Gasteiger partial charge is 0.462 e. The zero-order chi connectivity index (χ0) is 14.0. The van der Waals surface area contributed by atoms with E-state index in [0.717, 1.165) is 22.5 Å². The lowest BCUT2D eigenvalue weighted by atomic mass is 10.0. The molecule has 0 saturated carbocycles. The Labute approximate surface area is 113 Å². The molecule has 0 aliphatic heterocycles. The van der Waals surface area contributed by atoms with Crippen LogP contribution >= 0.6 is 0 Å². The molecule has 0 N–H and O–H groups in total. The van der Waals surface area contributed by atoms with Crippen molar-refractivity contribution in [2.75, 3.05) is 6.61 Å². The number of hydrogen-bond donors (Lipinski definition) is 0. The summed E-state index contributed by atoms with van der Waals surface area (Å²) in [6.07, 6.45) is 0. The van der Waals surface area contributed by atoms with Crippen LogP contribution in [0.1, 0.15) is 28.5 Å². The SMILES string of the molecule is CCOC(=O)c1c(C)c(C)n(C)c1-c1ccccc1. The number of benzene rings is 1. The third kappa shape index (κ3) is 2.28. The summed E-state index contributed by atoms with van der Waals surface area (Å²) in [5, 5.41) is 0. The van der Waals surface area contributed by atoms with Crippen molar-refractivity contribution < 1.29 is 9.53 Å². The molecule has 0 spiro atoms. The first kappa shape index (κ1) is 13.4. The van der Waals surface area contributed by atoms with Crippen molar-refractivity contribution in [3.8, 4) is 11.3 Å². The summed E-state index contributed by atoms with van der Waals surface area (Å²) in [5.41, 5.74) is 4.70. The van der Waals surface area contributed by atoms with Crippen LogP contribution in [-0.2, 0) is 11.8 Å². The summed E-state index contributed by atoms with van der Waals surface area (Å²) in [7, 11) is 1.98. The van der Waals surface area contributed by atoms with E-state index in [1.807, 2.05) is 58.2 Å². The molecule has 0 radical (unpaired) electrons. The molecule has 2 aromatic rings. The van der Waals surface area contributed by atoms with Crippen molar-refractivity contribution >= 4 is 5.97 Å². The smallest absolute Gasteiger partial charge is 0.340 e. The van der Waals surface area contributed by atoms with Crippen molar-refractivity contribution in [2.24, 2.45) is 7.05 Å². The molecule has 1 aromatic carbocycles. The number of rotatable bonds is 3. The number of hydrogen-bond acceptors (Lipinski definition) is 2. The van der Waals surface area contributed by atoms with E-state index in [2.05, 4.69) is 4.57 Å². The first-order chi connectivity index (χ1) is 9.07. The fourth-order valence-electron chi connectivity index (χ4n) is 2.33. The maximum atomic E-state index is 12.2. The summed E-state index contributed by atoms with van der Waals surface area (Å²) in [5.74, 6) is -0.248. The van der Waals surface area contributed by atoms with E-state index in [9.17, 15) is 4.79 Å². The van der Waals surface area contributed by atoms with Gasteiger partial charge in [-0.3, -0.25) is 0 Å². The summed E-state index contributed by atoms with van der Waals surface area (Å²) in [6.45, 7) is 6.20. The van der Waals surface area contributed by atoms with Crippen LogP contribution in [0, 0.1) is 13.8 Å². The average molecular weight is 257 g/mol. The normalized spacial score (nSPS) is 10.5. The van der Waals surface area contributed by atoms with Gasteiger partial charge in [-0.2, -0.15) is 0 Å². The van der Waals surface area contributed by atoms with Crippen molar-refractivity contribution in [1.29, 1.82) is 0 Å². The number of aromatic nitrogens is 1. The van der Waals surface area contributed by atoms with E-state index in [1.54, 1.807) is 0 Å². The standard InChI is InChI=1S/C16H19NO2/c1-5-19-16(18)14-11(2)12(3)17(4)15(14)13-9-7-6-8-10-13/h6-10H,5H2,1-4H3. The van der Waals surface area contributed by atoms with Gasteiger partial charge in [0.05, 0.1) is 17.9 Å². The zero-order valence-electron chi connectivity index (χ0n) is 11.9. The molecule has 0 saturated heterocycles. The number of carbonyl (C=O) groups excluding carboxylic acids is 1. The third-order valence-electron chi connectivity index (χ3n) is 3.52. The van der Waals surface area contributed by atoms with Gasteiger partial charge in [0.2, 0.25) is 0 Å². The molecule has 2 rings (SSSR count). The van der Waals surface area contributed by atoms with Crippen LogP contribution in [0.25, 0.3) is 11.3 Å². The highest BCUT2D eigenvalue weighted by Crippen LogP contribution is 2.30. The molecule has 0 bridgehead atoms. The molecule has 19 heavy (non-hydrogen) atoms. The van der Waals surface area contributed by atoms with Gasteiger partial charge in [0.15, 0.2) is 0 Å². The predicted octanol–water partition coefficient (Wildman–Crippen LogP) is 3.49. The quantitative estimate of drug-likeness (QED) is 0.788. The Morgan fingerprint density at radius 3 is 2.42 bits per heavy atom. The highest BCUT2D eigenvalue weighted by Gasteiger charge is 2.23. The van der Waals surface area contributed by atoms with Crippen LogP contribution in [0.4, 0.5) is 0 Å². The van der Waals surface area contributed by atoms with E-state index >= 15 is 0 Å². The van der Waals surface area contributed by atoms with Crippen LogP contribution < -0.4 is 0 Å². The average Bonchev–Trinajstić information content (AvgIpc) is 2.64. The summed E-state index contributed by atoms with van der Waals surface area (Å²) in [4.78, 5) is 12.2. The number of esters is 1. The number of carbonyl (C=O) groups is 1. The van der Waals surface area contributed by atoms with Gasteiger partial charge in [0.25, 0.3) is 0 Å². The molecule has 0 atom stereocenters. The Morgan fingerprint density at radius 1 is 1.21 bits per heavy atom. The van der Waals surface area contributed by atoms with E-state index in [0.29, 0.717) is 12.2 Å². The van der Waals surface area contributed by atoms with Gasteiger partial charge < -0.3 is 9.30 Å². The molecular formula is C16H19NO2. The summed E-state index contributed by atoms with van der Waals surface area (Å²) < 4.78 is 7.24. The molecule has 1 heterocycles. The van der Waals surface area contributed by atoms with E-state index in [4.69, 9.17) is 4.74 Å². The zero-order valence-corrected chi connectivity index (χ0v) is 11.9. The van der Waals surface area contributed by atoms with Crippen molar-refractivity contribution in [2.45, 2.75) is 20.8 Å². The third-order valence-corrected chi connectivity index (χ3v) is 3.52. The van der Waals surface area contributed by atoms with Crippen LogP contribution in [-0.4, -0.2) is 17.1 Å². The molecule has 3 nitrogen and oxygen atoms in total. The Hall–Kier alpha value is -2.03. The Bertz CT molecular complexity index is 597. The Balaban J connectivity index is 2.66. The van der Waals surface area contributed by atoms with Crippen LogP contribution in [0.5, 0.6) is 0 Å². The summed E-state index contributed by atoms with van der Waals surface area (Å²) >= 11 is 0.